The van der Waals surface area contributed by atoms with Crippen LogP contribution in [-0.4, -0.2) is 41.1 Å². The minimum Gasteiger partial charge on any atom is -0.371 e. The fraction of sp³-hybridized carbons (Fsp3) is 0.400. The summed E-state index contributed by atoms with van der Waals surface area (Å²) >= 11 is 0. The average molecular weight is 337 g/mol. The van der Waals surface area contributed by atoms with E-state index < -0.39 is 0 Å². The minimum absolute atomic E-state index is 0.00815. The number of pyridine rings is 1. The van der Waals surface area contributed by atoms with Gasteiger partial charge in [0.2, 0.25) is 5.91 Å². The molecule has 3 atom stereocenters. The molecule has 1 aromatic heterocycles. The number of benzene rings is 1. The molecule has 0 aliphatic carbocycles. The Bertz CT molecular complexity index is 707. The molecule has 0 radical (unpaired) electrons. The fourth-order valence-electron chi connectivity index (χ4n) is 3.81. The van der Waals surface area contributed by atoms with E-state index in [1.807, 2.05) is 42.6 Å². The first-order valence-corrected chi connectivity index (χ1v) is 8.86. The Morgan fingerprint density at radius 3 is 2.80 bits per heavy atom. The predicted octanol–water partition coefficient (Wildman–Crippen LogP) is 1.99. The lowest BCUT2D eigenvalue weighted by atomic mass is 9.99. The highest BCUT2D eigenvalue weighted by Crippen LogP contribution is 2.32. The molecule has 2 fully saturated rings. The van der Waals surface area contributed by atoms with Gasteiger partial charge in [0, 0.05) is 38.6 Å². The standard InChI is InChI=1S/C20H23N3O2/c24-20(22-11-15-5-2-1-3-6-15)18-9-17-13-23(14-19(18)25-17)12-16-7-4-8-21-10-16/h1-8,10,17-19H,9,11-14H2,(H,22,24)/t17-,18+,19+/m0/s1. The van der Waals surface area contributed by atoms with Crippen LogP contribution in [0.2, 0.25) is 0 Å². The molecule has 2 saturated heterocycles. The Morgan fingerprint density at radius 2 is 2.00 bits per heavy atom. The van der Waals surface area contributed by atoms with Crippen LogP contribution in [0.15, 0.2) is 54.9 Å². The maximum Gasteiger partial charge on any atom is 0.226 e. The van der Waals surface area contributed by atoms with Crippen LogP contribution in [0, 0.1) is 5.92 Å². The van der Waals surface area contributed by atoms with Crippen molar-refractivity contribution in [3.63, 3.8) is 0 Å². The lowest BCUT2D eigenvalue weighted by Gasteiger charge is -2.32. The molecule has 25 heavy (non-hydrogen) atoms. The van der Waals surface area contributed by atoms with Crippen molar-refractivity contribution in [1.82, 2.24) is 15.2 Å². The van der Waals surface area contributed by atoms with Crippen LogP contribution in [0.4, 0.5) is 0 Å². The van der Waals surface area contributed by atoms with Gasteiger partial charge in [-0.3, -0.25) is 14.7 Å². The van der Waals surface area contributed by atoms with Crippen LogP contribution in [0.25, 0.3) is 0 Å². The number of ether oxygens (including phenoxy) is 1. The predicted molar refractivity (Wildman–Crippen MR) is 94.6 cm³/mol. The number of fused-ring (bicyclic) bond motifs is 2. The summed E-state index contributed by atoms with van der Waals surface area (Å²) < 4.78 is 6.03. The number of nitrogens with zero attached hydrogens (tertiary/aromatic N) is 2. The van der Waals surface area contributed by atoms with E-state index in [0.29, 0.717) is 6.54 Å². The third kappa shape index (κ3) is 3.89. The third-order valence-corrected chi connectivity index (χ3v) is 5.01. The summed E-state index contributed by atoms with van der Waals surface area (Å²) in [5.74, 6) is 0.0622. The summed E-state index contributed by atoms with van der Waals surface area (Å²) in [4.78, 5) is 19.2. The van der Waals surface area contributed by atoms with Crippen LogP contribution in [0.3, 0.4) is 0 Å². The van der Waals surface area contributed by atoms with Crippen molar-refractivity contribution in [3.05, 3.63) is 66.0 Å². The molecular weight excluding hydrogens is 314 g/mol. The van der Waals surface area contributed by atoms with Crippen molar-refractivity contribution in [3.8, 4) is 0 Å². The van der Waals surface area contributed by atoms with Gasteiger partial charge in [0.15, 0.2) is 0 Å². The molecule has 2 bridgehead atoms. The van der Waals surface area contributed by atoms with E-state index in [-0.39, 0.29) is 24.0 Å². The van der Waals surface area contributed by atoms with Gasteiger partial charge >= 0.3 is 0 Å². The number of rotatable bonds is 5. The van der Waals surface area contributed by atoms with Gasteiger partial charge in [-0.25, -0.2) is 0 Å². The van der Waals surface area contributed by atoms with E-state index in [1.54, 1.807) is 6.20 Å². The van der Waals surface area contributed by atoms with Gasteiger partial charge < -0.3 is 10.1 Å². The Balaban J connectivity index is 1.33. The van der Waals surface area contributed by atoms with Crippen molar-refractivity contribution in [2.75, 3.05) is 13.1 Å². The second-order valence-electron chi connectivity index (χ2n) is 6.90. The zero-order valence-corrected chi connectivity index (χ0v) is 14.2. The van der Waals surface area contributed by atoms with Gasteiger partial charge in [-0.15, -0.1) is 0 Å². The van der Waals surface area contributed by atoms with Crippen molar-refractivity contribution in [2.45, 2.75) is 31.7 Å². The summed E-state index contributed by atoms with van der Waals surface area (Å²) in [6, 6.07) is 14.1. The third-order valence-electron chi connectivity index (χ3n) is 5.01. The highest BCUT2D eigenvalue weighted by molar-refractivity contribution is 5.79. The molecule has 5 heteroatoms. The number of carbonyl (C=O) groups is 1. The summed E-state index contributed by atoms with van der Waals surface area (Å²) in [5.41, 5.74) is 2.32. The van der Waals surface area contributed by atoms with E-state index in [0.717, 1.165) is 31.6 Å². The van der Waals surface area contributed by atoms with Crippen molar-refractivity contribution in [1.29, 1.82) is 0 Å². The first-order valence-electron chi connectivity index (χ1n) is 8.86. The van der Waals surface area contributed by atoms with Gasteiger partial charge in [-0.1, -0.05) is 36.4 Å². The molecule has 5 nitrogen and oxygen atoms in total. The van der Waals surface area contributed by atoms with Crippen LogP contribution in [-0.2, 0) is 22.6 Å². The molecule has 2 aliphatic rings. The maximum absolute atomic E-state index is 12.6. The number of amides is 1. The topological polar surface area (TPSA) is 54.5 Å². The number of morpholine rings is 1. The normalized spacial score (nSPS) is 25.7. The lowest BCUT2D eigenvalue weighted by Crippen LogP contribution is -2.44. The number of carbonyl (C=O) groups excluding carboxylic acids is 1. The Labute approximate surface area is 148 Å². The molecule has 3 heterocycles. The summed E-state index contributed by atoms with van der Waals surface area (Å²) in [6.45, 7) is 3.12. The molecule has 2 aromatic rings. The quantitative estimate of drug-likeness (QED) is 0.907. The Hall–Kier alpha value is -2.24. The van der Waals surface area contributed by atoms with Gasteiger partial charge in [0.1, 0.15) is 0 Å². The number of hydrogen-bond acceptors (Lipinski definition) is 4. The second-order valence-corrected chi connectivity index (χ2v) is 6.90. The maximum atomic E-state index is 12.6. The molecule has 2 aliphatic heterocycles. The number of aromatic nitrogens is 1. The molecule has 0 unspecified atom stereocenters. The SMILES string of the molecule is O=C(NCc1ccccc1)[C@@H]1C[C@H]2CN(Cc3cccnc3)C[C@H]1O2. The van der Waals surface area contributed by atoms with Crippen molar-refractivity contribution < 1.29 is 9.53 Å². The van der Waals surface area contributed by atoms with Crippen LogP contribution < -0.4 is 5.32 Å². The smallest absolute Gasteiger partial charge is 0.226 e. The van der Waals surface area contributed by atoms with E-state index in [4.69, 9.17) is 4.74 Å². The largest absolute Gasteiger partial charge is 0.371 e. The number of nitrogens with one attached hydrogen (secondary N) is 1. The zero-order valence-electron chi connectivity index (χ0n) is 14.2. The van der Waals surface area contributed by atoms with Crippen molar-refractivity contribution in [2.24, 2.45) is 5.92 Å². The number of likely N-dealkylation sites (tertiary alicyclic amines) is 1. The highest BCUT2D eigenvalue weighted by Gasteiger charge is 2.44. The summed E-state index contributed by atoms with van der Waals surface area (Å²) in [5, 5.41) is 3.07. The van der Waals surface area contributed by atoms with Gasteiger partial charge in [-0.05, 0) is 23.6 Å². The van der Waals surface area contributed by atoms with E-state index in [2.05, 4.69) is 21.3 Å². The lowest BCUT2D eigenvalue weighted by molar-refractivity contribution is -0.128. The minimum atomic E-state index is -0.0485. The molecule has 130 valence electrons. The molecular formula is C20H23N3O2. The Morgan fingerprint density at radius 1 is 1.16 bits per heavy atom. The molecule has 0 saturated carbocycles. The van der Waals surface area contributed by atoms with Gasteiger partial charge in [0.05, 0.1) is 18.1 Å². The van der Waals surface area contributed by atoms with E-state index in [9.17, 15) is 4.79 Å². The zero-order chi connectivity index (χ0) is 17.1. The van der Waals surface area contributed by atoms with Gasteiger partial charge in [-0.2, -0.15) is 0 Å². The highest BCUT2D eigenvalue weighted by atomic mass is 16.5. The molecule has 0 spiro atoms. The molecule has 4 rings (SSSR count). The molecule has 1 N–H and O–H groups in total. The molecule has 1 amide bonds. The van der Waals surface area contributed by atoms with Gasteiger partial charge in [0.25, 0.3) is 0 Å². The van der Waals surface area contributed by atoms with E-state index >= 15 is 0 Å². The fourth-order valence-corrected chi connectivity index (χ4v) is 3.81. The van der Waals surface area contributed by atoms with Crippen LogP contribution >= 0.6 is 0 Å². The number of hydrogen-bond donors (Lipinski definition) is 1. The van der Waals surface area contributed by atoms with Crippen LogP contribution in [0.5, 0.6) is 0 Å². The monoisotopic (exact) mass is 337 g/mol. The summed E-state index contributed by atoms with van der Waals surface area (Å²) in [7, 11) is 0. The second kappa shape index (κ2) is 7.33. The van der Waals surface area contributed by atoms with Crippen molar-refractivity contribution >= 4 is 5.91 Å². The first-order chi connectivity index (χ1) is 12.3. The first kappa shape index (κ1) is 16.2. The Kier molecular flexibility index (Phi) is 4.76. The average Bonchev–Trinajstić information content (AvgIpc) is 2.96. The van der Waals surface area contributed by atoms with Crippen LogP contribution in [0.1, 0.15) is 17.5 Å². The van der Waals surface area contributed by atoms with E-state index in [1.165, 1.54) is 5.56 Å². The summed E-state index contributed by atoms with van der Waals surface area (Å²) in [6.07, 6.45) is 4.66. The molecule has 1 aromatic carbocycles.